The molecule has 0 saturated carbocycles. The first-order valence-electron chi connectivity index (χ1n) is 9.40. The minimum absolute atomic E-state index is 0.0164. The lowest BCUT2D eigenvalue weighted by Gasteiger charge is -2.10. The third-order valence-electron chi connectivity index (χ3n) is 5.02. The van der Waals surface area contributed by atoms with Crippen LogP contribution in [0.15, 0.2) is 85.6 Å². The van der Waals surface area contributed by atoms with Gasteiger partial charge >= 0.3 is 0 Å². The molecule has 4 rings (SSSR count). The van der Waals surface area contributed by atoms with Gasteiger partial charge in [-0.25, -0.2) is 0 Å². The van der Waals surface area contributed by atoms with Crippen LogP contribution in [0.5, 0.6) is 0 Å². The fourth-order valence-corrected chi connectivity index (χ4v) is 5.76. The van der Waals surface area contributed by atoms with E-state index < -0.39 is 45.0 Å². The molecule has 0 fully saturated rings. The summed E-state index contributed by atoms with van der Waals surface area (Å²) in [5, 5.41) is 7.66. The van der Waals surface area contributed by atoms with Gasteiger partial charge in [0, 0.05) is 27.2 Å². The van der Waals surface area contributed by atoms with E-state index in [-0.39, 0.29) is 38.6 Å². The molecule has 4 aromatic rings. The van der Waals surface area contributed by atoms with Crippen LogP contribution in [0.25, 0.3) is 21.5 Å². The van der Waals surface area contributed by atoms with Crippen LogP contribution in [-0.4, -0.2) is 38.9 Å². The monoisotopic (exact) mass is 537 g/mol. The summed E-state index contributed by atoms with van der Waals surface area (Å²) in [4.78, 5) is -1.75. The summed E-state index contributed by atoms with van der Waals surface area (Å²) >= 11 is 0. The molecular weight excluding hydrogens is 522 g/mol. The van der Waals surface area contributed by atoms with Crippen molar-refractivity contribution in [2.45, 2.75) is 14.7 Å². The predicted octanol–water partition coefficient (Wildman–Crippen LogP) is 3.73. The Morgan fingerprint density at radius 3 is 1.77 bits per heavy atom. The molecule has 0 aliphatic heterocycles. The molecule has 0 spiro atoms. The number of nitrogens with zero attached hydrogens (tertiary/aromatic N) is 2. The second kappa shape index (κ2) is 8.33. The molecule has 0 bridgehead atoms. The lowest BCUT2D eigenvalue weighted by atomic mass is 10.1. The van der Waals surface area contributed by atoms with Crippen molar-refractivity contribution in [3.8, 4) is 0 Å². The summed E-state index contributed by atoms with van der Waals surface area (Å²) in [6.45, 7) is 0. The summed E-state index contributed by atoms with van der Waals surface area (Å²) < 4.78 is 99.7. The molecule has 0 unspecified atom stereocenters. The maximum absolute atomic E-state index is 12.0. The lowest BCUT2D eigenvalue weighted by Crippen LogP contribution is -2.03. The number of fused-ring (bicyclic) bond motifs is 2. The van der Waals surface area contributed by atoms with E-state index in [1.54, 1.807) is 0 Å². The molecule has 0 radical (unpaired) electrons. The van der Waals surface area contributed by atoms with Crippen molar-refractivity contribution in [3.63, 3.8) is 0 Å². The van der Waals surface area contributed by atoms with E-state index in [1.165, 1.54) is 36.4 Å². The molecule has 0 aliphatic rings. The van der Waals surface area contributed by atoms with Crippen LogP contribution in [-0.2, 0) is 30.4 Å². The first kappa shape index (κ1) is 24.6. The summed E-state index contributed by atoms with van der Waals surface area (Å²) in [5.41, 5.74) is 5.80. The Labute approximate surface area is 199 Å². The highest BCUT2D eigenvalue weighted by Gasteiger charge is 2.21. The molecule has 0 aliphatic carbocycles. The fourth-order valence-electron chi connectivity index (χ4n) is 3.60. The van der Waals surface area contributed by atoms with Gasteiger partial charge in [0.15, 0.2) is 0 Å². The van der Waals surface area contributed by atoms with Gasteiger partial charge in [-0.1, -0.05) is 24.3 Å². The number of nitrogens with two attached hydrogens (primary N) is 1. The number of rotatable bonds is 5. The van der Waals surface area contributed by atoms with Gasteiger partial charge in [0.2, 0.25) is 0 Å². The largest absolute Gasteiger partial charge is 0.398 e. The Balaban J connectivity index is 1.98. The molecule has 182 valence electrons. The van der Waals surface area contributed by atoms with Crippen LogP contribution >= 0.6 is 0 Å². The van der Waals surface area contributed by atoms with E-state index in [9.17, 15) is 38.9 Å². The Bertz CT molecular complexity index is 1880. The number of hydrogen-bond donors (Lipinski definition) is 4. The Morgan fingerprint density at radius 2 is 1.17 bits per heavy atom. The molecule has 0 atom stereocenters. The highest BCUT2D eigenvalue weighted by molar-refractivity contribution is 7.86. The number of nitrogen functional groups attached to an aromatic ring is 1. The highest BCUT2D eigenvalue weighted by Crippen LogP contribution is 2.37. The second-order valence-corrected chi connectivity index (χ2v) is 11.4. The molecule has 0 heterocycles. The zero-order valence-electron chi connectivity index (χ0n) is 17.3. The first-order chi connectivity index (χ1) is 16.2. The minimum atomic E-state index is -4.85. The second-order valence-electron chi connectivity index (χ2n) is 7.27. The van der Waals surface area contributed by atoms with Gasteiger partial charge in [0.25, 0.3) is 30.4 Å². The van der Waals surface area contributed by atoms with Gasteiger partial charge in [-0.15, -0.1) is 5.11 Å². The van der Waals surface area contributed by atoms with Crippen molar-refractivity contribution in [1.82, 2.24) is 0 Å². The van der Waals surface area contributed by atoms with Gasteiger partial charge in [-0.05, 0) is 36.4 Å². The number of anilines is 1. The predicted molar refractivity (Wildman–Crippen MR) is 126 cm³/mol. The Hall–Kier alpha value is -3.47. The zero-order valence-corrected chi connectivity index (χ0v) is 19.7. The van der Waals surface area contributed by atoms with Crippen LogP contribution in [0.1, 0.15) is 0 Å². The molecule has 15 heteroatoms. The smallest absolute Gasteiger partial charge is 0.295 e. The quantitative estimate of drug-likeness (QED) is 0.164. The van der Waals surface area contributed by atoms with Crippen LogP contribution in [0.3, 0.4) is 0 Å². The first-order valence-corrected chi connectivity index (χ1v) is 13.7. The maximum Gasteiger partial charge on any atom is 0.295 e. The molecule has 0 saturated heterocycles. The minimum Gasteiger partial charge on any atom is -0.398 e. The van der Waals surface area contributed by atoms with Gasteiger partial charge in [0.05, 0.1) is 11.4 Å². The van der Waals surface area contributed by atoms with E-state index >= 15 is 0 Å². The Kier molecular flexibility index (Phi) is 5.87. The standard InChI is InChI=1S/C20H15N3O9S3/c21-15-7-8-16(13-4-2-6-18(20(13)15)34(27,28)29)23-22-11-9-14-12(19(10-11)35(30,31)32)3-1-5-17(14)33(24,25)26/h1-10H,21H2,(H,24,25,26)(H,27,28,29)(H,30,31,32). The topological polar surface area (TPSA) is 214 Å². The van der Waals surface area contributed by atoms with Crippen LogP contribution in [0.4, 0.5) is 17.1 Å². The number of hydrogen-bond acceptors (Lipinski definition) is 9. The van der Waals surface area contributed by atoms with Gasteiger partial charge in [0.1, 0.15) is 14.7 Å². The highest BCUT2D eigenvalue weighted by atomic mass is 32.2. The molecule has 0 aromatic heterocycles. The molecule has 4 aromatic carbocycles. The van der Waals surface area contributed by atoms with Gasteiger partial charge < -0.3 is 5.73 Å². The van der Waals surface area contributed by atoms with Crippen molar-refractivity contribution < 1.29 is 38.9 Å². The molecule has 35 heavy (non-hydrogen) atoms. The normalized spacial score (nSPS) is 13.1. The van der Waals surface area contributed by atoms with Crippen LogP contribution in [0, 0.1) is 0 Å². The number of benzene rings is 4. The van der Waals surface area contributed by atoms with Crippen molar-refractivity contribution >= 4 is 69.0 Å². The fraction of sp³-hybridized carbons (Fsp3) is 0. The lowest BCUT2D eigenvalue weighted by molar-refractivity contribution is 0.481. The summed E-state index contributed by atoms with van der Waals surface area (Å²) in [6.07, 6.45) is 0. The van der Waals surface area contributed by atoms with Crippen molar-refractivity contribution in [1.29, 1.82) is 0 Å². The van der Waals surface area contributed by atoms with Crippen LogP contribution in [0.2, 0.25) is 0 Å². The molecule has 12 nitrogen and oxygen atoms in total. The molecular formula is C20H15N3O9S3. The molecule has 5 N–H and O–H groups in total. The van der Waals surface area contributed by atoms with E-state index in [4.69, 9.17) is 5.73 Å². The Morgan fingerprint density at radius 1 is 0.600 bits per heavy atom. The summed E-state index contributed by atoms with van der Waals surface area (Å²) in [5.74, 6) is 0. The summed E-state index contributed by atoms with van der Waals surface area (Å²) in [7, 11) is -14.2. The van der Waals surface area contributed by atoms with E-state index in [2.05, 4.69) is 10.2 Å². The third kappa shape index (κ3) is 4.72. The van der Waals surface area contributed by atoms with Crippen LogP contribution < -0.4 is 5.73 Å². The maximum atomic E-state index is 12.0. The van der Waals surface area contributed by atoms with Crippen molar-refractivity contribution in [3.05, 3.63) is 60.7 Å². The number of azo groups is 1. The van der Waals surface area contributed by atoms with E-state index in [0.717, 1.165) is 24.3 Å². The van der Waals surface area contributed by atoms with Gasteiger partial charge in [-0.3, -0.25) is 13.7 Å². The zero-order chi connectivity index (χ0) is 25.8. The van der Waals surface area contributed by atoms with E-state index in [1.807, 2.05) is 0 Å². The SMILES string of the molecule is Nc1ccc(N=Nc2cc(S(=O)(=O)O)c3cccc(S(=O)(=O)O)c3c2)c2cccc(S(=O)(=O)O)c12. The van der Waals surface area contributed by atoms with E-state index in [0.29, 0.717) is 0 Å². The summed E-state index contributed by atoms with van der Waals surface area (Å²) in [6, 6.07) is 12.2. The molecule has 0 amide bonds. The average Bonchev–Trinajstić information content (AvgIpc) is 2.75. The van der Waals surface area contributed by atoms with Crippen molar-refractivity contribution in [2.24, 2.45) is 10.2 Å². The average molecular weight is 538 g/mol. The van der Waals surface area contributed by atoms with Gasteiger partial charge in [-0.2, -0.15) is 30.4 Å². The van der Waals surface area contributed by atoms with Crippen molar-refractivity contribution in [2.75, 3.05) is 5.73 Å². The third-order valence-corrected chi connectivity index (χ3v) is 7.72.